The minimum absolute atomic E-state index is 0.0361. The Hall–Kier alpha value is -1.60. The Morgan fingerprint density at radius 2 is 2.21 bits per heavy atom. The van der Waals surface area contributed by atoms with Crippen molar-refractivity contribution in [2.24, 2.45) is 4.99 Å². The Labute approximate surface area is 122 Å². The minimum atomic E-state index is -0.0361. The number of Topliss-reactive ketones (excluding diaryl/α,β-unsaturated/α-hetero) is 1. The summed E-state index contributed by atoms with van der Waals surface area (Å²) in [6, 6.07) is 7.20. The summed E-state index contributed by atoms with van der Waals surface area (Å²) in [6.45, 7) is 4.25. The van der Waals surface area contributed by atoms with Gasteiger partial charge in [-0.3, -0.25) is 4.79 Å². The van der Waals surface area contributed by atoms with Crippen molar-refractivity contribution < 1.29 is 4.79 Å². The van der Waals surface area contributed by atoms with Gasteiger partial charge in [0.05, 0.1) is 6.54 Å². The molecule has 0 aliphatic rings. The number of carbonyl (C=O) groups is 1. The maximum atomic E-state index is 11.9. The Bertz CT molecular complexity index is 644. The molecule has 19 heavy (non-hydrogen) atoms. The monoisotopic (exact) mass is 338 g/mol. The predicted octanol–water partition coefficient (Wildman–Crippen LogP) is 2.07. The highest BCUT2D eigenvalue weighted by Crippen LogP contribution is 2.10. The maximum absolute atomic E-state index is 11.9. The van der Waals surface area contributed by atoms with Crippen molar-refractivity contribution in [2.45, 2.75) is 6.54 Å². The lowest BCUT2D eigenvalue weighted by Gasteiger charge is -1.97. The number of halogens is 1. The Morgan fingerprint density at radius 3 is 2.89 bits per heavy atom. The maximum Gasteiger partial charge on any atom is 0.223 e. The summed E-state index contributed by atoms with van der Waals surface area (Å²) in [5.74, 6) is -0.0361. The van der Waals surface area contributed by atoms with Crippen LogP contribution in [-0.4, -0.2) is 26.7 Å². The van der Waals surface area contributed by atoms with Crippen molar-refractivity contribution in [3.63, 3.8) is 0 Å². The Morgan fingerprint density at radius 1 is 1.47 bits per heavy atom. The molecule has 0 amide bonds. The molecule has 98 valence electrons. The number of rotatable bonds is 5. The van der Waals surface area contributed by atoms with Gasteiger partial charge in [-0.25, -0.2) is 9.67 Å². The fourth-order valence-electron chi connectivity index (χ4n) is 1.40. The molecule has 7 heteroatoms. The van der Waals surface area contributed by atoms with Gasteiger partial charge in [-0.2, -0.15) is 0 Å². The van der Waals surface area contributed by atoms with Gasteiger partial charge < -0.3 is 0 Å². The number of ketones is 1. The lowest BCUT2D eigenvalue weighted by atomic mass is 10.1. The van der Waals surface area contributed by atoms with Gasteiger partial charge in [0.2, 0.25) is 4.80 Å². The topological polar surface area (TPSA) is 60.1 Å². The average molecular weight is 339 g/mol. The van der Waals surface area contributed by atoms with Gasteiger partial charge in [0, 0.05) is 21.6 Å². The molecule has 0 radical (unpaired) electrons. The third-order valence-corrected chi connectivity index (χ3v) is 3.50. The Kier molecular flexibility index (Phi) is 4.75. The molecule has 0 fully saturated rings. The summed E-state index contributed by atoms with van der Waals surface area (Å²) < 4.78 is 6.34. The highest BCUT2D eigenvalue weighted by atomic mass is 79.9. The van der Waals surface area contributed by atoms with Crippen LogP contribution in [0.4, 0.5) is 0 Å². The lowest BCUT2D eigenvalue weighted by Crippen LogP contribution is -2.17. The first-order valence-corrected chi connectivity index (χ1v) is 7.07. The summed E-state index contributed by atoms with van der Waals surface area (Å²) in [4.78, 5) is 16.8. The first kappa shape index (κ1) is 13.8. The average Bonchev–Trinajstić information content (AvgIpc) is 2.85. The molecular weight excluding hydrogens is 328 g/mol. The van der Waals surface area contributed by atoms with Crippen LogP contribution < -0.4 is 4.80 Å². The molecule has 0 unspecified atom stereocenters. The van der Waals surface area contributed by atoms with Crippen LogP contribution in [-0.2, 0) is 6.54 Å². The number of hydrogen-bond acceptors (Lipinski definition) is 5. The van der Waals surface area contributed by atoms with E-state index < -0.39 is 0 Å². The number of nitrogens with zero attached hydrogens (tertiary/aromatic N) is 4. The van der Waals surface area contributed by atoms with Crippen molar-refractivity contribution >= 4 is 33.2 Å². The number of benzene rings is 1. The molecule has 0 atom stereocenters. The van der Waals surface area contributed by atoms with E-state index in [0.29, 0.717) is 16.9 Å². The smallest absolute Gasteiger partial charge is 0.223 e. The molecule has 1 aromatic heterocycles. The zero-order valence-electron chi connectivity index (χ0n) is 9.99. The second kappa shape index (κ2) is 6.53. The first-order chi connectivity index (χ1) is 9.20. The summed E-state index contributed by atoms with van der Waals surface area (Å²) in [7, 11) is 0. The molecule has 0 spiro atoms. The molecule has 0 aliphatic carbocycles. The highest BCUT2D eigenvalue weighted by Gasteiger charge is 2.05. The molecule has 0 N–H and O–H groups in total. The van der Waals surface area contributed by atoms with Crippen molar-refractivity contribution in [1.29, 1.82) is 0 Å². The third-order valence-electron chi connectivity index (χ3n) is 2.31. The van der Waals surface area contributed by atoms with E-state index in [2.05, 4.69) is 37.2 Å². The molecule has 0 bridgehead atoms. The van der Waals surface area contributed by atoms with Gasteiger partial charge >= 0.3 is 0 Å². The molecule has 1 aromatic carbocycles. The van der Waals surface area contributed by atoms with Crippen LogP contribution in [0.1, 0.15) is 10.4 Å². The predicted molar refractivity (Wildman–Crippen MR) is 77.0 cm³/mol. The second-order valence-electron chi connectivity index (χ2n) is 3.66. The van der Waals surface area contributed by atoms with E-state index in [1.165, 1.54) is 0 Å². The number of aromatic nitrogens is 3. The van der Waals surface area contributed by atoms with E-state index in [4.69, 9.17) is 0 Å². The molecule has 0 aliphatic heterocycles. The van der Waals surface area contributed by atoms with Crippen molar-refractivity contribution in [3.8, 4) is 0 Å². The van der Waals surface area contributed by atoms with Gasteiger partial charge in [0.1, 0.15) is 6.54 Å². The van der Waals surface area contributed by atoms with Crippen LogP contribution in [0.2, 0.25) is 0 Å². The zero-order chi connectivity index (χ0) is 13.7. The lowest BCUT2D eigenvalue weighted by molar-refractivity contribution is 0.100. The van der Waals surface area contributed by atoms with Crippen LogP contribution in [0.25, 0.3) is 0 Å². The fraction of sp³-hybridized carbons (Fsp3) is 0.167. The first-order valence-electron chi connectivity index (χ1n) is 5.50. The van der Waals surface area contributed by atoms with E-state index in [9.17, 15) is 4.79 Å². The van der Waals surface area contributed by atoms with E-state index in [1.54, 1.807) is 22.9 Å². The molecule has 2 rings (SSSR count). The minimum Gasteiger partial charge on any atom is -0.292 e. The van der Waals surface area contributed by atoms with E-state index in [1.807, 2.05) is 12.1 Å². The molecular formula is C12H11BrN4OS. The van der Waals surface area contributed by atoms with Crippen molar-refractivity contribution in [2.75, 3.05) is 6.54 Å². The fourth-order valence-corrected chi connectivity index (χ4v) is 2.19. The summed E-state index contributed by atoms with van der Waals surface area (Å²) in [5, 5.41) is 3.87. The molecule has 2 aromatic rings. The number of carbonyl (C=O) groups excluding carboxylic acids is 1. The van der Waals surface area contributed by atoms with Crippen LogP contribution in [0, 0.1) is 0 Å². The summed E-state index contributed by atoms with van der Waals surface area (Å²) >= 11 is 4.49. The highest BCUT2D eigenvalue weighted by molar-refractivity contribution is 9.10. The van der Waals surface area contributed by atoms with Crippen molar-refractivity contribution in [3.05, 3.63) is 51.8 Å². The standard InChI is InChI=1S/C12H11BrN4OS/c1-2-7-17-12(19-16-15-17)14-8-11(18)9-3-5-10(13)6-4-9/h2-6H,1,7-8H2. The van der Waals surface area contributed by atoms with Gasteiger partial charge in [0.25, 0.3) is 0 Å². The van der Waals surface area contributed by atoms with E-state index in [-0.39, 0.29) is 12.3 Å². The zero-order valence-corrected chi connectivity index (χ0v) is 12.4. The van der Waals surface area contributed by atoms with Crippen LogP contribution in [0.3, 0.4) is 0 Å². The second-order valence-corrected chi connectivity index (χ2v) is 5.29. The quantitative estimate of drug-likeness (QED) is 0.619. The van der Waals surface area contributed by atoms with Crippen LogP contribution in [0.15, 0.2) is 46.4 Å². The van der Waals surface area contributed by atoms with Gasteiger partial charge in [-0.05, 0) is 12.1 Å². The Balaban J connectivity index is 2.13. The largest absolute Gasteiger partial charge is 0.292 e. The van der Waals surface area contributed by atoms with Crippen LogP contribution >= 0.6 is 27.5 Å². The van der Waals surface area contributed by atoms with Gasteiger partial charge in [0.15, 0.2) is 5.78 Å². The summed E-state index contributed by atoms with van der Waals surface area (Å²) in [6.07, 6.45) is 1.71. The molecule has 0 saturated heterocycles. The normalized spacial score (nSPS) is 11.5. The number of hydrogen-bond donors (Lipinski definition) is 0. The van der Waals surface area contributed by atoms with E-state index in [0.717, 1.165) is 16.0 Å². The SMILES string of the molecule is C=CCn1nnsc1=NCC(=O)c1ccc(Br)cc1. The third kappa shape index (κ3) is 3.68. The molecule has 0 saturated carbocycles. The summed E-state index contributed by atoms with van der Waals surface area (Å²) in [5.41, 5.74) is 0.639. The van der Waals surface area contributed by atoms with Crippen LogP contribution in [0.5, 0.6) is 0 Å². The molecule has 1 heterocycles. The van der Waals surface area contributed by atoms with Crippen molar-refractivity contribution in [1.82, 2.24) is 14.4 Å². The van der Waals surface area contributed by atoms with Gasteiger partial charge in [-0.1, -0.05) is 43.8 Å². The molecule has 5 nitrogen and oxygen atoms in total. The van der Waals surface area contributed by atoms with Gasteiger partial charge in [-0.15, -0.1) is 6.58 Å². The van der Waals surface area contributed by atoms with E-state index >= 15 is 0 Å². The number of allylic oxidation sites excluding steroid dienone is 1.